The highest BCUT2D eigenvalue weighted by atomic mass is 79.9. The first kappa shape index (κ1) is 11.5. The van der Waals surface area contributed by atoms with Gasteiger partial charge in [0.2, 0.25) is 0 Å². The summed E-state index contributed by atoms with van der Waals surface area (Å²) >= 11 is 4.38. The molecule has 2 aromatic rings. The molecule has 1 heterocycles. The van der Waals surface area contributed by atoms with Gasteiger partial charge in [0.05, 0.1) is 4.47 Å². The molecule has 6 heteroatoms. The second kappa shape index (κ2) is 4.88. The Kier molecular flexibility index (Phi) is 3.50. The summed E-state index contributed by atoms with van der Waals surface area (Å²) < 4.78 is 26.3. The van der Waals surface area contributed by atoms with Crippen molar-refractivity contribution in [2.45, 2.75) is 10.1 Å². The second-order valence-electron chi connectivity index (χ2n) is 2.86. The fourth-order valence-electron chi connectivity index (χ4n) is 0.999. The van der Waals surface area contributed by atoms with Gasteiger partial charge in [-0.15, -0.1) is 0 Å². The van der Waals surface area contributed by atoms with Crippen molar-refractivity contribution in [1.29, 1.82) is 0 Å². The molecule has 0 saturated carbocycles. The van der Waals surface area contributed by atoms with E-state index in [1.165, 1.54) is 17.8 Å². The Morgan fingerprint density at radius 2 is 1.75 bits per heavy atom. The number of rotatable bonds is 2. The van der Waals surface area contributed by atoms with Gasteiger partial charge in [-0.05, 0) is 45.9 Å². The van der Waals surface area contributed by atoms with E-state index < -0.39 is 11.6 Å². The van der Waals surface area contributed by atoms with Gasteiger partial charge in [0.25, 0.3) is 0 Å². The summed E-state index contributed by atoms with van der Waals surface area (Å²) in [7, 11) is 0. The fraction of sp³-hybridized carbons (Fsp3) is 0. The Balaban J connectivity index is 2.20. The molecule has 0 saturated heterocycles. The lowest BCUT2D eigenvalue weighted by atomic mass is 10.3. The van der Waals surface area contributed by atoms with Crippen LogP contribution in [0.4, 0.5) is 8.78 Å². The molecule has 0 aliphatic carbocycles. The molecule has 16 heavy (non-hydrogen) atoms. The maximum absolute atomic E-state index is 12.9. The molecule has 1 aromatic carbocycles. The van der Waals surface area contributed by atoms with Gasteiger partial charge in [-0.25, -0.2) is 18.7 Å². The molecule has 0 unspecified atom stereocenters. The van der Waals surface area contributed by atoms with Crippen molar-refractivity contribution in [3.8, 4) is 0 Å². The quantitative estimate of drug-likeness (QED) is 0.792. The Bertz CT molecular complexity index is 505. The molecular weight excluding hydrogens is 298 g/mol. The molecule has 0 bridgehead atoms. The highest BCUT2D eigenvalue weighted by Crippen LogP contribution is 2.25. The van der Waals surface area contributed by atoms with Crippen molar-refractivity contribution in [3.05, 3.63) is 46.7 Å². The molecule has 0 fully saturated rings. The summed E-state index contributed by atoms with van der Waals surface area (Å²) in [6, 6.07) is 3.68. The van der Waals surface area contributed by atoms with Crippen LogP contribution in [0.25, 0.3) is 0 Å². The molecule has 82 valence electrons. The molecular formula is C10H5BrF2N2S. The Hall–Kier alpha value is -1.01. The van der Waals surface area contributed by atoms with Crippen LogP contribution >= 0.6 is 27.7 Å². The lowest BCUT2D eigenvalue weighted by Gasteiger charge is -2.00. The lowest BCUT2D eigenvalue weighted by molar-refractivity contribution is 0.506. The molecule has 0 N–H and O–H groups in total. The molecule has 0 radical (unpaired) electrons. The van der Waals surface area contributed by atoms with E-state index >= 15 is 0 Å². The van der Waals surface area contributed by atoms with Crippen molar-refractivity contribution in [3.63, 3.8) is 0 Å². The van der Waals surface area contributed by atoms with Crippen molar-refractivity contribution < 1.29 is 8.78 Å². The van der Waals surface area contributed by atoms with E-state index in [1.807, 2.05) is 0 Å². The first-order chi connectivity index (χ1) is 7.65. The van der Waals surface area contributed by atoms with Crippen LogP contribution in [0.1, 0.15) is 0 Å². The van der Waals surface area contributed by atoms with Crippen LogP contribution in [-0.2, 0) is 0 Å². The van der Waals surface area contributed by atoms with E-state index in [-0.39, 0.29) is 0 Å². The minimum atomic E-state index is -0.873. The predicted octanol–water partition coefficient (Wildman–Crippen LogP) is 3.67. The zero-order chi connectivity index (χ0) is 11.5. The van der Waals surface area contributed by atoms with Crippen LogP contribution in [0.2, 0.25) is 0 Å². The van der Waals surface area contributed by atoms with Gasteiger partial charge in [0, 0.05) is 17.3 Å². The predicted molar refractivity (Wildman–Crippen MR) is 60.2 cm³/mol. The van der Waals surface area contributed by atoms with E-state index in [1.54, 1.807) is 12.4 Å². The number of hydrogen-bond donors (Lipinski definition) is 0. The molecule has 0 aliphatic rings. The summed E-state index contributed by atoms with van der Waals surface area (Å²) in [5, 5.41) is 0.481. The van der Waals surface area contributed by atoms with E-state index in [4.69, 9.17) is 0 Å². The third-order valence-electron chi connectivity index (χ3n) is 1.70. The average molecular weight is 303 g/mol. The molecule has 2 nitrogen and oxygen atoms in total. The van der Waals surface area contributed by atoms with E-state index in [0.29, 0.717) is 10.1 Å². The van der Waals surface area contributed by atoms with Gasteiger partial charge in [0.1, 0.15) is 0 Å². The van der Waals surface area contributed by atoms with Gasteiger partial charge < -0.3 is 0 Å². The van der Waals surface area contributed by atoms with Crippen LogP contribution in [0.15, 0.2) is 45.1 Å². The normalized spacial score (nSPS) is 10.4. The zero-order valence-electron chi connectivity index (χ0n) is 7.82. The van der Waals surface area contributed by atoms with E-state index in [9.17, 15) is 8.78 Å². The van der Waals surface area contributed by atoms with Gasteiger partial charge in [-0.2, -0.15) is 0 Å². The first-order valence-corrected chi connectivity index (χ1v) is 5.86. The van der Waals surface area contributed by atoms with Crippen LogP contribution < -0.4 is 0 Å². The van der Waals surface area contributed by atoms with Crippen molar-refractivity contribution in [2.24, 2.45) is 0 Å². The molecule has 0 amide bonds. The van der Waals surface area contributed by atoms with Crippen LogP contribution in [0.3, 0.4) is 0 Å². The second-order valence-corrected chi connectivity index (χ2v) is 4.82. The maximum Gasteiger partial charge on any atom is 0.192 e. The number of benzene rings is 1. The van der Waals surface area contributed by atoms with Gasteiger partial charge in [-0.3, -0.25) is 0 Å². The number of hydrogen-bond acceptors (Lipinski definition) is 3. The summed E-state index contributed by atoms with van der Waals surface area (Å²) in [5.74, 6) is -1.73. The summed E-state index contributed by atoms with van der Waals surface area (Å²) in [5.41, 5.74) is 0. The van der Waals surface area contributed by atoms with Crippen molar-refractivity contribution in [1.82, 2.24) is 9.97 Å². The first-order valence-electron chi connectivity index (χ1n) is 4.25. The van der Waals surface area contributed by atoms with E-state index in [0.717, 1.165) is 16.6 Å². The average Bonchev–Trinajstić information content (AvgIpc) is 2.27. The van der Waals surface area contributed by atoms with Crippen molar-refractivity contribution >= 4 is 27.7 Å². The Morgan fingerprint density at radius 1 is 1.06 bits per heavy atom. The van der Waals surface area contributed by atoms with Crippen LogP contribution in [0.5, 0.6) is 0 Å². The van der Waals surface area contributed by atoms with E-state index in [2.05, 4.69) is 25.9 Å². The molecule has 0 spiro atoms. The number of halogens is 3. The minimum Gasteiger partial charge on any atom is -0.230 e. The molecule has 0 aliphatic heterocycles. The topological polar surface area (TPSA) is 25.8 Å². The highest BCUT2D eigenvalue weighted by molar-refractivity contribution is 9.10. The van der Waals surface area contributed by atoms with Gasteiger partial charge in [-0.1, -0.05) is 0 Å². The fourth-order valence-corrected chi connectivity index (χ4v) is 1.92. The largest absolute Gasteiger partial charge is 0.230 e. The summed E-state index contributed by atoms with van der Waals surface area (Å²) in [4.78, 5) is 8.59. The monoisotopic (exact) mass is 302 g/mol. The third kappa shape index (κ3) is 2.76. The molecule has 1 aromatic heterocycles. The maximum atomic E-state index is 12.9. The Morgan fingerprint density at radius 3 is 2.38 bits per heavy atom. The van der Waals surface area contributed by atoms with Gasteiger partial charge in [0.15, 0.2) is 16.8 Å². The lowest BCUT2D eigenvalue weighted by Crippen LogP contribution is -1.87. The SMILES string of the molecule is Fc1ccc(Sc2ncc(Br)cn2)cc1F. The Labute approximate surface area is 103 Å². The number of nitrogens with zero attached hydrogens (tertiary/aromatic N) is 2. The molecule has 2 rings (SSSR count). The van der Waals surface area contributed by atoms with Crippen LogP contribution in [-0.4, -0.2) is 9.97 Å². The van der Waals surface area contributed by atoms with Crippen molar-refractivity contribution in [2.75, 3.05) is 0 Å². The smallest absolute Gasteiger partial charge is 0.192 e. The van der Waals surface area contributed by atoms with Crippen LogP contribution in [0, 0.1) is 11.6 Å². The van der Waals surface area contributed by atoms with Gasteiger partial charge >= 0.3 is 0 Å². The summed E-state index contributed by atoms with van der Waals surface area (Å²) in [6.07, 6.45) is 3.18. The molecule has 0 atom stereocenters. The minimum absolute atomic E-state index is 0.481. The third-order valence-corrected chi connectivity index (χ3v) is 2.99. The standard InChI is InChI=1S/C10H5BrF2N2S/c11-6-4-14-10(15-5-6)16-7-1-2-8(12)9(13)3-7/h1-5H. The summed E-state index contributed by atoms with van der Waals surface area (Å²) in [6.45, 7) is 0. The zero-order valence-corrected chi connectivity index (χ0v) is 10.2. The number of aromatic nitrogens is 2. The highest BCUT2D eigenvalue weighted by Gasteiger charge is 2.05.